The molecule has 44 heavy (non-hydrogen) atoms. The van der Waals surface area contributed by atoms with Gasteiger partial charge in [0.15, 0.2) is 23.3 Å². The average Bonchev–Trinajstić information content (AvgIpc) is 3.40. The number of benzene rings is 2. The van der Waals surface area contributed by atoms with Gasteiger partial charge in [0.25, 0.3) is 5.91 Å². The zero-order valence-corrected chi connectivity index (χ0v) is 24.9. The van der Waals surface area contributed by atoms with Crippen molar-refractivity contribution in [3.8, 4) is 11.3 Å². The summed E-state index contributed by atoms with van der Waals surface area (Å²) in [4.78, 5) is 32.4. The number of ether oxygens (including phenoxy) is 1. The smallest absolute Gasteiger partial charge is 0.271 e. The number of likely N-dealkylation sites (N-methyl/N-ethyl adjacent to an activating group) is 1. The molecule has 1 amide bonds. The largest absolute Gasteiger partial charge is 0.377 e. The number of hydrogen-bond donors (Lipinski definition) is 4. The van der Waals surface area contributed by atoms with Gasteiger partial charge < -0.3 is 35.9 Å². The van der Waals surface area contributed by atoms with E-state index in [4.69, 9.17) is 20.4 Å². The minimum absolute atomic E-state index is 0.00141. The van der Waals surface area contributed by atoms with Gasteiger partial charge in [0.05, 0.1) is 19.3 Å². The average molecular weight is 600 g/mol. The SMILES string of the molecule is CN1CCN(C2CCN(c3ccc(Nc4nc(NC5COC5)c(-c5cccc6[nH]c(F)cc56)nc4C(N)=O)cc3)CC2)CC1. The fraction of sp³-hybridized carbons (Fsp3) is 0.406. The Balaban J connectivity index is 1.12. The second kappa shape index (κ2) is 12.0. The van der Waals surface area contributed by atoms with Gasteiger partial charge in [0.2, 0.25) is 0 Å². The number of halogens is 1. The molecule has 0 spiro atoms. The van der Waals surface area contributed by atoms with Crippen LogP contribution in [0.5, 0.6) is 0 Å². The Hall–Kier alpha value is -4.26. The number of H-pyrrole nitrogens is 1. The fourth-order valence-corrected chi connectivity index (χ4v) is 6.39. The summed E-state index contributed by atoms with van der Waals surface area (Å²) in [6.07, 6.45) is 2.33. The van der Waals surface area contributed by atoms with E-state index in [1.54, 1.807) is 12.1 Å². The van der Waals surface area contributed by atoms with Gasteiger partial charge in [0, 0.05) is 79.2 Å². The van der Waals surface area contributed by atoms with Crippen molar-refractivity contribution in [2.75, 3.05) is 75.1 Å². The van der Waals surface area contributed by atoms with Crippen LogP contribution in [0.1, 0.15) is 23.3 Å². The number of aromatic amines is 1. The Morgan fingerprint density at radius 2 is 1.75 bits per heavy atom. The number of primary amides is 1. The highest BCUT2D eigenvalue weighted by Crippen LogP contribution is 2.35. The predicted octanol–water partition coefficient (Wildman–Crippen LogP) is 3.63. The monoisotopic (exact) mass is 599 g/mol. The van der Waals surface area contributed by atoms with Gasteiger partial charge in [-0.05, 0) is 50.2 Å². The fourth-order valence-electron chi connectivity index (χ4n) is 6.39. The molecule has 230 valence electrons. The first kappa shape index (κ1) is 28.5. The summed E-state index contributed by atoms with van der Waals surface area (Å²) in [5, 5.41) is 7.28. The number of piperidine rings is 1. The van der Waals surface area contributed by atoms with E-state index in [0.29, 0.717) is 47.2 Å². The van der Waals surface area contributed by atoms with E-state index < -0.39 is 11.9 Å². The molecule has 0 atom stereocenters. The number of anilines is 4. The number of aromatic nitrogens is 3. The third kappa shape index (κ3) is 5.80. The van der Waals surface area contributed by atoms with Crippen LogP contribution in [-0.2, 0) is 4.74 Å². The van der Waals surface area contributed by atoms with Crippen LogP contribution in [-0.4, -0.2) is 102 Å². The number of piperazine rings is 1. The molecule has 7 rings (SSSR count). The van der Waals surface area contributed by atoms with Crippen LogP contribution in [0.4, 0.5) is 27.4 Å². The number of nitrogens with zero attached hydrogens (tertiary/aromatic N) is 5. The van der Waals surface area contributed by atoms with Crippen molar-refractivity contribution < 1.29 is 13.9 Å². The highest BCUT2D eigenvalue weighted by molar-refractivity contribution is 6.01. The topological polar surface area (TPSA) is 128 Å². The van der Waals surface area contributed by atoms with Crippen molar-refractivity contribution in [2.24, 2.45) is 5.73 Å². The van der Waals surface area contributed by atoms with Gasteiger partial charge in [-0.15, -0.1) is 0 Å². The van der Waals surface area contributed by atoms with Crippen molar-refractivity contribution in [2.45, 2.75) is 24.9 Å². The first-order chi connectivity index (χ1) is 21.4. The Labute approximate surface area is 255 Å². The quantitative estimate of drug-likeness (QED) is 0.240. The summed E-state index contributed by atoms with van der Waals surface area (Å²) < 4.78 is 19.5. The van der Waals surface area contributed by atoms with E-state index in [2.05, 4.69) is 49.5 Å². The van der Waals surface area contributed by atoms with Crippen molar-refractivity contribution >= 4 is 39.8 Å². The van der Waals surface area contributed by atoms with E-state index in [0.717, 1.165) is 45.0 Å². The molecule has 0 unspecified atom stereocenters. The van der Waals surface area contributed by atoms with Crippen molar-refractivity contribution in [1.82, 2.24) is 24.8 Å². The standard InChI is InChI=1S/C32H38FN9O2/c1-40-13-15-42(16-14-40)23-9-11-41(12-10-23)22-7-5-20(6-8-22)35-32-29(30(34)43)38-28(31(39-32)36-21-18-44-19-21)24-3-2-4-26-25(24)17-27(33)37-26/h2-8,17,21,23,37H,9-16,18-19H2,1H3,(H2,34,43)(H2,35,36,39). The number of nitrogens with two attached hydrogens (primary N) is 1. The minimum Gasteiger partial charge on any atom is -0.377 e. The molecule has 3 saturated heterocycles. The lowest BCUT2D eigenvalue weighted by molar-refractivity contribution is 0.0209. The maximum Gasteiger partial charge on any atom is 0.271 e. The highest BCUT2D eigenvalue weighted by Gasteiger charge is 2.28. The van der Waals surface area contributed by atoms with Crippen molar-refractivity contribution in [3.05, 3.63) is 60.2 Å². The minimum atomic E-state index is -0.716. The molecular formula is C32H38FN9O2. The molecule has 5 heterocycles. The van der Waals surface area contributed by atoms with E-state index in [-0.39, 0.29) is 17.6 Å². The van der Waals surface area contributed by atoms with Gasteiger partial charge in [0.1, 0.15) is 5.69 Å². The number of nitrogens with one attached hydrogen (secondary N) is 3. The first-order valence-electron chi connectivity index (χ1n) is 15.3. The molecule has 0 aliphatic carbocycles. The van der Waals surface area contributed by atoms with Crippen molar-refractivity contribution in [3.63, 3.8) is 0 Å². The predicted molar refractivity (Wildman–Crippen MR) is 170 cm³/mol. The summed E-state index contributed by atoms with van der Waals surface area (Å²) in [5.74, 6) is -0.470. The Bertz CT molecular complexity index is 1640. The van der Waals surface area contributed by atoms with Crippen molar-refractivity contribution in [1.29, 1.82) is 0 Å². The first-order valence-corrected chi connectivity index (χ1v) is 15.3. The molecule has 12 heteroatoms. The van der Waals surface area contributed by atoms with Crippen LogP contribution in [0.25, 0.3) is 22.2 Å². The Kier molecular flexibility index (Phi) is 7.79. The molecule has 0 radical (unpaired) electrons. The lowest BCUT2D eigenvalue weighted by Crippen LogP contribution is -2.52. The third-order valence-electron chi connectivity index (χ3n) is 9.01. The zero-order chi connectivity index (χ0) is 30.2. The van der Waals surface area contributed by atoms with Crippen LogP contribution in [0.2, 0.25) is 0 Å². The number of fused-ring (bicyclic) bond motifs is 1. The van der Waals surface area contributed by atoms with Gasteiger partial charge >= 0.3 is 0 Å². The second-order valence-corrected chi connectivity index (χ2v) is 12.0. The summed E-state index contributed by atoms with van der Waals surface area (Å²) >= 11 is 0. The highest BCUT2D eigenvalue weighted by atomic mass is 19.1. The number of amides is 1. The second-order valence-electron chi connectivity index (χ2n) is 12.0. The summed E-state index contributed by atoms with van der Waals surface area (Å²) in [5.41, 5.74) is 9.41. The lowest BCUT2D eigenvalue weighted by Gasteiger charge is -2.42. The summed E-state index contributed by atoms with van der Waals surface area (Å²) in [6, 6.07) is 15.7. The van der Waals surface area contributed by atoms with E-state index in [9.17, 15) is 9.18 Å². The third-order valence-corrected chi connectivity index (χ3v) is 9.01. The molecule has 4 aromatic rings. The molecule has 0 bridgehead atoms. The number of rotatable bonds is 8. The normalized spacial score (nSPS) is 18.8. The molecule has 0 saturated carbocycles. The van der Waals surface area contributed by atoms with Crippen LogP contribution in [0, 0.1) is 5.95 Å². The molecule has 11 nitrogen and oxygen atoms in total. The summed E-state index contributed by atoms with van der Waals surface area (Å²) in [7, 11) is 2.20. The number of carbonyl (C=O) groups excluding carboxylic acids is 1. The molecule has 2 aromatic heterocycles. The Morgan fingerprint density at radius 1 is 1.00 bits per heavy atom. The van der Waals surface area contributed by atoms with Crippen LogP contribution < -0.4 is 21.3 Å². The molecule has 3 fully saturated rings. The van der Waals surface area contributed by atoms with Crippen LogP contribution in [0.3, 0.4) is 0 Å². The van der Waals surface area contributed by atoms with Gasteiger partial charge in [-0.25, -0.2) is 9.97 Å². The van der Waals surface area contributed by atoms with E-state index >= 15 is 0 Å². The van der Waals surface area contributed by atoms with E-state index in [1.807, 2.05) is 18.2 Å². The Morgan fingerprint density at radius 3 is 2.43 bits per heavy atom. The zero-order valence-electron chi connectivity index (χ0n) is 24.9. The number of hydrogen-bond acceptors (Lipinski definition) is 9. The van der Waals surface area contributed by atoms with Crippen LogP contribution in [0.15, 0.2) is 48.5 Å². The number of carbonyl (C=O) groups is 1. The summed E-state index contributed by atoms with van der Waals surface area (Å²) in [6.45, 7) is 7.72. The van der Waals surface area contributed by atoms with E-state index in [1.165, 1.54) is 24.6 Å². The molecule has 2 aromatic carbocycles. The molecular weight excluding hydrogens is 561 g/mol. The van der Waals surface area contributed by atoms with Gasteiger partial charge in [-0.1, -0.05) is 12.1 Å². The molecule has 3 aliphatic rings. The van der Waals surface area contributed by atoms with Gasteiger partial charge in [-0.3, -0.25) is 9.69 Å². The lowest BCUT2D eigenvalue weighted by atomic mass is 10.0. The maximum absolute atomic E-state index is 14.1. The molecule has 3 aliphatic heterocycles. The van der Waals surface area contributed by atoms with Gasteiger partial charge in [-0.2, -0.15) is 4.39 Å². The molecule has 5 N–H and O–H groups in total. The maximum atomic E-state index is 14.1. The van der Waals surface area contributed by atoms with Crippen LogP contribution >= 0.6 is 0 Å².